The Bertz CT molecular complexity index is 444. The minimum Gasteiger partial charge on any atom is -0.352 e. The highest BCUT2D eigenvalue weighted by Crippen LogP contribution is 2.15. The van der Waals surface area contributed by atoms with E-state index in [0.29, 0.717) is 12.1 Å². The van der Waals surface area contributed by atoms with E-state index in [4.69, 9.17) is 11.6 Å². The third-order valence-electron chi connectivity index (χ3n) is 3.82. The largest absolute Gasteiger partial charge is 0.352 e. The Morgan fingerprint density at radius 3 is 2.95 bits per heavy atom. The van der Waals surface area contributed by atoms with Crippen molar-refractivity contribution in [3.63, 3.8) is 0 Å². The first kappa shape index (κ1) is 15.3. The van der Waals surface area contributed by atoms with Crippen LogP contribution in [0.4, 0.5) is 0 Å². The van der Waals surface area contributed by atoms with Crippen molar-refractivity contribution in [3.05, 3.63) is 29.0 Å². The molecule has 1 aliphatic rings. The molecular weight excluding hydrogens is 274 g/mol. The van der Waals surface area contributed by atoms with Crippen LogP contribution < -0.4 is 5.32 Å². The molecule has 1 amide bonds. The van der Waals surface area contributed by atoms with E-state index in [2.05, 4.69) is 22.1 Å². The summed E-state index contributed by atoms with van der Waals surface area (Å²) >= 11 is 5.89. The maximum Gasteiger partial charge on any atom is 0.254 e. The average Bonchev–Trinajstić information content (AvgIpc) is 2.46. The van der Waals surface area contributed by atoms with Crippen LogP contribution in [-0.2, 0) is 0 Å². The third-order valence-corrected chi connectivity index (χ3v) is 4.12. The normalized spacial score (nSPS) is 17.1. The quantitative estimate of drug-likeness (QED) is 0.671. The van der Waals surface area contributed by atoms with Crippen molar-refractivity contribution in [1.82, 2.24) is 15.2 Å². The number of likely N-dealkylation sites (tertiary alicyclic amines) is 1. The standard InChI is InChI=1S/C15H22ClN3O/c1-12-5-10-19(11-6-12)9-3-8-18-15(20)13-4-2-7-17-14(13)16/h2,4,7,12H,3,5-6,8-11H2,1H3,(H,18,20). The lowest BCUT2D eigenvalue weighted by molar-refractivity contribution is 0.0950. The number of rotatable bonds is 5. The first-order valence-corrected chi connectivity index (χ1v) is 7.65. The number of nitrogens with one attached hydrogen (secondary N) is 1. The molecule has 0 bridgehead atoms. The molecule has 0 radical (unpaired) electrons. The SMILES string of the molecule is CC1CCN(CCCNC(=O)c2cccnc2Cl)CC1. The summed E-state index contributed by atoms with van der Waals surface area (Å²) in [5.41, 5.74) is 0.445. The van der Waals surface area contributed by atoms with Gasteiger partial charge in [0, 0.05) is 12.7 Å². The molecular formula is C15H22ClN3O. The number of hydrogen-bond acceptors (Lipinski definition) is 3. The van der Waals surface area contributed by atoms with Crippen LogP contribution in [-0.4, -0.2) is 42.0 Å². The zero-order chi connectivity index (χ0) is 14.4. The molecule has 0 aromatic carbocycles. The number of carbonyl (C=O) groups excluding carboxylic acids is 1. The molecule has 0 saturated carbocycles. The lowest BCUT2D eigenvalue weighted by Gasteiger charge is -2.30. The molecule has 5 heteroatoms. The fourth-order valence-corrected chi connectivity index (χ4v) is 2.65. The Balaban J connectivity index is 1.66. The average molecular weight is 296 g/mol. The van der Waals surface area contributed by atoms with Crippen molar-refractivity contribution in [3.8, 4) is 0 Å². The van der Waals surface area contributed by atoms with Crippen molar-refractivity contribution in [2.24, 2.45) is 5.92 Å². The highest BCUT2D eigenvalue weighted by atomic mass is 35.5. The van der Waals surface area contributed by atoms with E-state index in [1.165, 1.54) is 25.9 Å². The van der Waals surface area contributed by atoms with E-state index in [-0.39, 0.29) is 11.1 Å². The molecule has 110 valence electrons. The molecule has 1 aliphatic heterocycles. The van der Waals surface area contributed by atoms with E-state index >= 15 is 0 Å². The molecule has 2 heterocycles. The van der Waals surface area contributed by atoms with Crippen LogP contribution in [0.2, 0.25) is 5.15 Å². The number of hydrogen-bond donors (Lipinski definition) is 1. The molecule has 20 heavy (non-hydrogen) atoms. The first-order valence-electron chi connectivity index (χ1n) is 7.28. The van der Waals surface area contributed by atoms with Gasteiger partial charge >= 0.3 is 0 Å². The Labute approximate surface area is 125 Å². The lowest BCUT2D eigenvalue weighted by atomic mass is 9.99. The summed E-state index contributed by atoms with van der Waals surface area (Å²) in [6.07, 6.45) is 5.13. The van der Waals surface area contributed by atoms with Crippen LogP contribution in [0.25, 0.3) is 0 Å². The Morgan fingerprint density at radius 1 is 1.50 bits per heavy atom. The number of aromatic nitrogens is 1. The summed E-state index contributed by atoms with van der Waals surface area (Å²) < 4.78 is 0. The molecule has 4 nitrogen and oxygen atoms in total. The zero-order valence-corrected chi connectivity index (χ0v) is 12.7. The zero-order valence-electron chi connectivity index (χ0n) is 11.9. The van der Waals surface area contributed by atoms with Crippen LogP contribution in [0.3, 0.4) is 0 Å². The van der Waals surface area contributed by atoms with Gasteiger partial charge in [0.25, 0.3) is 5.91 Å². The minimum absolute atomic E-state index is 0.143. The molecule has 1 fully saturated rings. The first-order chi connectivity index (χ1) is 9.66. The van der Waals surface area contributed by atoms with Gasteiger partial charge in [-0.1, -0.05) is 18.5 Å². The van der Waals surface area contributed by atoms with E-state index in [9.17, 15) is 4.79 Å². The van der Waals surface area contributed by atoms with Crippen molar-refractivity contribution in [1.29, 1.82) is 0 Å². The molecule has 1 aromatic rings. The van der Waals surface area contributed by atoms with Crippen molar-refractivity contribution in [2.75, 3.05) is 26.2 Å². The Morgan fingerprint density at radius 2 is 2.25 bits per heavy atom. The molecule has 0 spiro atoms. The summed E-state index contributed by atoms with van der Waals surface area (Å²) in [7, 11) is 0. The highest BCUT2D eigenvalue weighted by molar-refractivity contribution is 6.32. The number of carbonyl (C=O) groups is 1. The van der Waals surface area contributed by atoms with Gasteiger partial charge in [-0.2, -0.15) is 0 Å². The van der Waals surface area contributed by atoms with Crippen LogP contribution in [0.5, 0.6) is 0 Å². The second kappa shape index (κ2) is 7.60. The number of piperidine rings is 1. The second-order valence-electron chi connectivity index (χ2n) is 5.48. The van der Waals surface area contributed by atoms with Crippen LogP contribution >= 0.6 is 11.6 Å². The number of nitrogens with zero attached hydrogens (tertiary/aromatic N) is 2. The van der Waals surface area contributed by atoms with Gasteiger partial charge in [0.15, 0.2) is 0 Å². The number of halogens is 1. The fraction of sp³-hybridized carbons (Fsp3) is 0.600. The van der Waals surface area contributed by atoms with Crippen LogP contribution in [0.1, 0.15) is 36.5 Å². The Hall–Kier alpha value is -1.13. The van der Waals surface area contributed by atoms with Crippen LogP contribution in [0, 0.1) is 5.92 Å². The maximum absolute atomic E-state index is 11.9. The van der Waals surface area contributed by atoms with Gasteiger partial charge in [-0.25, -0.2) is 4.98 Å². The predicted molar refractivity (Wildman–Crippen MR) is 81.0 cm³/mol. The van der Waals surface area contributed by atoms with Crippen molar-refractivity contribution in [2.45, 2.75) is 26.2 Å². The van der Waals surface area contributed by atoms with Gasteiger partial charge in [-0.15, -0.1) is 0 Å². The summed E-state index contributed by atoms with van der Waals surface area (Å²) in [4.78, 5) is 18.3. The van der Waals surface area contributed by atoms with Gasteiger partial charge in [0.05, 0.1) is 5.56 Å². The van der Waals surface area contributed by atoms with E-state index in [0.717, 1.165) is 18.9 Å². The number of amides is 1. The molecule has 1 aromatic heterocycles. The molecule has 2 rings (SSSR count). The summed E-state index contributed by atoms with van der Waals surface area (Å²) in [6.45, 7) is 6.41. The molecule has 1 N–H and O–H groups in total. The summed E-state index contributed by atoms with van der Waals surface area (Å²) in [6, 6.07) is 3.41. The molecule has 0 unspecified atom stereocenters. The number of pyridine rings is 1. The Kier molecular flexibility index (Phi) is 5.80. The van der Waals surface area contributed by atoms with Crippen molar-refractivity contribution < 1.29 is 4.79 Å². The molecule has 0 atom stereocenters. The van der Waals surface area contributed by atoms with Gasteiger partial charge < -0.3 is 10.2 Å². The summed E-state index contributed by atoms with van der Waals surface area (Å²) in [5, 5.41) is 3.16. The van der Waals surface area contributed by atoms with Crippen LogP contribution in [0.15, 0.2) is 18.3 Å². The van der Waals surface area contributed by atoms with E-state index < -0.39 is 0 Å². The second-order valence-corrected chi connectivity index (χ2v) is 5.83. The van der Waals surface area contributed by atoms with Gasteiger partial charge in [0.2, 0.25) is 0 Å². The smallest absolute Gasteiger partial charge is 0.254 e. The van der Waals surface area contributed by atoms with Crippen molar-refractivity contribution >= 4 is 17.5 Å². The topological polar surface area (TPSA) is 45.2 Å². The third kappa shape index (κ3) is 4.46. The monoisotopic (exact) mass is 295 g/mol. The van der Waals surface area contributed by atoms with E-state index in [1.807, 2.05) is 0 Å². The molecule has 0 aliphatic carbocycles. The van der Waals surface area contributed by atoms with Gasteiger partial charge in [0.1, 0.15) is 5.15 Å². The van der Waals surface area contributed by atoms with E-state index in [1.54, 1.807) is 18.3 Å². The fourth-order valence-electron chi connectivity index (χ4n) is 2.44. The molecule has 1 saturated heterocycles. The lowest BCUT2D eigenvalue weighted by Crippen LogP contribution is -2.35. The van der Waals surface area contributed by atoms with Gasteiger partial charge in [-0.3, -0.25) is 4.79 Å². The predicted octanol–water partition coefficient (Wildman–Crippen LogP) is 2.59. The van der Waals surface area contributed by atoms with Gasteiger partial charge in [-0.05, 0) is 56.9 Å². The summed E-state index contributed by atoms with van der Waals surface area (Å²) in [5.74, 6) is 0.717. The minimum atomic E-state index is -0.143. The maximum atomic E-state index is 11.9. The highest BCUT2D eigenvalue weighted by Gasteiger charge is 2.15.